The molecule has 4 rings (SSSR count). The number of nitrogens with one attached hydrogen (secondary N) is 1. The van der Waals surface area contributed by atoms with Crippen molar-refractivity contribution in [1.82, 2.24) is 5.32 Å². The predicted octanol–water partition coefficient (Wildman–Crippen LogP) is 5.43. The third kappa shape index (κ3) is 5.33. The van der Waals surface area contributed by atoms with Crippen LogP contribution in [0.15, 0.2) is 76.9 Å². The van der Waals surface area contributed by atoms with Gasteiger partial charge in [0.25, 0.3) is 11.6 Å². The van der Waals surface area contributed by atoms with Gasteiger partial charge in [-0.2, -0.15) is 0 Å². The molecule has 1 N–H and O–H groups in total. The van der Waals surface area contributed by atoms with Crippen LogP contribution in [0.25, 0.3) is 6.08 Å². The number of nitrogens with zero attached hydrogens (tertiary/aromatic N) is 2. The lowest BCUT2D eigenvalue weighted by molar-refractivity contribution is -0.384. The van der Waals surface area contributed by atoms with E-state index in [2.05, 4.69) is 21.2 Å². The van der Waals surface area contributed by atoms with Gasteiger partial charge in [0.2, 0.25) is 0 Å². The lowest BCUT2D eigenvalue weighted by Crippen LogP contribution is -2.30. The number of hydrogen-bond donors (Lipinski definition) is 1. The van der Waals surface area contributed by atoms with E-state index >= 15 is 0 Å². The Morgan fingerprint density at radius 1 is 1.03 bits per heavy atom. The highest BCUT2D eigenvalue weighted by atomic mass is 79.9. The lowest BCUT2D eigenvalue weighted by atomic mass is 10.1. The number of imide groups is 1. The first-order chi connectivity index (χ1) is 16.9. The van der Waals surface area contributed by atoms with Crippen LogP contribution in [-0.4, -0.2) is 23.5 Å². The zero-order chi connectivity index (χ0) is 24.9. The second-order valence-corrected chi connectivity index (χ2v) is 8.29. The molecule has 1 saturated heterocycles. The molecule has 3 aromatic rings. The van der Waals surface area contributed by atoms with E-state index in [0.29, 0.717) is 39.4 Å². The first-order valence-corrected chi connectivity index (χ1v) is 11.4. The molecule has 35 heavy (non-hydrogen) atoms. The number of nitro benzene ring substituents is 1. The number of halogens is 1. The van der Waals surface area contributed by atoms with Crippen molar-refractivity contribution in [2.24, 2.45) is 0 Å². The second-order valence-electron chi connectivity index (χ2n) is 7.43. The average molecular weight is 538 g/mol. The quantitative estimate of drug-likeness (QED) is 0.177. The van der Waals surface area contributed by atoms with Crippen molar-refractivity contribution in [2.75, 3.05) is 11.5 Å². The Balaban J connectivity index is 1.59. The number of rotatable bonds is 8. The van der Waals surface area contributed by atoms with Gasteiger partial charge in [0.1, 0.15) is 12.3 Å². The summed E-state index contributed by atoms with van der Waals surface area (Å²) in [5.41, 5.74) is 1.79. The van der Waals surface area contributed by atoms with Crippen LogP contribution in [-0.2, 0) is 11.4 Å². The number of ether oxygens (including phenoxy) is 2. The van der Waals surface area contributed by atoms with Crippen molar-refractivity contribution in [2.45, 2.75) is 13.5 Å². The first-order valence-electron chi connectivity index (χ1n) is 10.6. The number of non-ortho nitro benzene ring substituents is 1. The van der Waals surface area contributed by atoms with E-state index in [4.69, 9.17) is 9.47 Å². The highest BCUT2D eigenvalue weighted by molar-refractivity contribution is 9.10. The highest BCUT2D eigenvalue weighted by Crippen LogP contribution is 2.36. The Kier molecular flexibility index (Phi) is 7.11. The molecule has 0 atom stereocenters. The molecule has 0 spiro atoms. The van der Waals surface area contributed by atoms with E-state index in [-0.39, 0.29) is 18.0 Å². The van der Waals surface area contributed by atoms with E-state index in [0.717, 1.165) is 4.90 Å². The van der Waals surface area contributed by atoms with Crippen LogP contribution in [0.2, 0.25) is 0 Å². The molecule has 1 aliphatic heterocycles. The summed E-state index contributed by atoms with van der Waals surface area (Å²) < 4.78 is 12.2. The number of hydrogen-bond acceptors (Lipinski definition) is 6. The highest BCUT2D eigenvalue weighted by Gasteiger charge is 2.34. The van der Waals surface area contributed by atoms with Crippen LogP contribution >= 0.6 is 15.9 Å². The van der Waals surface area contributed by atoms with Crippen LogP contribution in [0.4, 0.5) is 16.2 Å². The van der Waals surface area contributed by atoms with Crippen LogP contribution in [0, 0.1) is 10.1 Å². The average Bonchev–Trinajstić information content (AvgIpc) is 3.13. The molecule has 0 bridgehead atoms. The van der Waals surface area contributed by atoms with Crippen LogP contribution in [0.1, 0.15) is 18.1 Å². The Morgan fingerprint density at radius 3 is 2.49 bits per heavy atom. The van der Waals surface area contributed by atoms with E-state index in [1.54, 1.807) is 60.7 Å². The van der Waals surface area contributed by atoms with Crippen molar-refractivity contribution in [3.8, 4) is 11.5 Å². The third-order valence-electron chi connectivity index (χ3n) is 5.07. The SMILES string of the molecule is CCOc1cc(/C=C2/NC(=O)N(c3ccccc3)C2=O)c(Br)cc1OCc1cccc([N+](=O)[O-])c1. The zero-order valence-electron chi connectivity index (χ0n) is 18.6. The van der Waals surface area contributed by atoms with Gasteiger partial charge in [0.15, 0.2) is 11.5 Å². The fourth-order valence-electron chi connectivity index (χ4n) is 3.47. The van der Waals surface area contributed by atoms with Gasteiger partial charge in [-0.05, 0) is 48.4 Å². The summed E-state index contributed by atoms with van der Waals surface area (Å²) in [5, 5.41) is 13.6. The standard InChI is InChI=1S/C25H20BrN3O6/c1-2-34-22-13-17(12-21-24(30)28(25(31)27-21)18-8-4-3-5-9-18)20(26)14-23(22)35-15-16-7-6-10-19(11-16)29(32)33/h3-14H,2,15H2,1H3,(H,27,31)/b21-12+. The van der Waals surface area contributed by atoms with Gasteiger partial charge < -0.3 is 14.8 Å². The van der Waals surface area contributed by atoms with E-state index in [1.165, 1.54) is 12.1 Å². The lowest BCUT2D eigenvalue weighted by Gasteiger charge is -2.14. The number of urea groups is 1. The Bertz CT molecular complexity index is 1330. The zero-order valence-corrected chi connectivity index (χ0v) is 20.2. The maximum atomic E-state index is 12.9. The summed E-state index contributed by atoms with van der Waals surface area (Å²) >= 11 is 3.48. The van der Waals surface area contributed by atoms with Crippen LogP contribution in [0.5, 0.6) is 11.5 Å². The number of para-hydroxylation sites is 1. The number of benzene rings is 3. The summed E-state index contributed by atoms with van der Waals surface area (Å²) in [6.45, 7) is 2.28. The molecule has 0 aromatic heterocycles. The number of anilines is 1. The van der Waals surface area contributed by atoms with Crippen molar-refractivity contribution < 1.29 is 24.0 Å². The second kappa shape index (κ2) is 10.4. The first kappa shape index (κ1) is 24.0. The molecule has 1 fully saturated rings. The largest absolute Gasteiger partial charge is 0.490 e. The summed E-state index contributed by atoms with van der Waals surface area (Å²) in [4.78, 5) is 37.0. The van der Waals surface area contributed by atoms with Gasteiger partial charge in [-0.25, -0.2) is 9.69 Å². The molecule has 1 heterocycles. The molecule has 1 aliphatic rings. The normalized spacial score (nSPS) is 14.2. The minimum atomic E-state index is -0.537. The van der Waals surface area contributed by atoms with E-state index in [9.17, 15) is 19.7 Å². The van der Waals surface area contributed by atoms with Gasteiger partial charge in [0.05, 0.1) is 17.2 Å². The van der Waals surface area contributed by atoms with Crippen molar-refractivity contribution in [3.05, 3.63) is 98.1 Å². The predicted molar refractivity (Wildman–Crippen MR) is 133 cm³/mol. The van der Waals surface area contributed by atoms with E-state index in [1.807, 2.05) is 6.92 Å². The number of amides is 3. The molecule has 0 unspecified atom stereocenters. The fourth-order valence-corrected chi connectivity index (χ4v) is 3.90. The van der Waals surface area contributed by atoms with Crippen LogP contribution < -0.4 is 19.7 Å². The summed E-state index contributed by atoms with van der Waals surface area (Å²) in [6.07, 6.45) is 1.56. The molecule has 10 heteroatoms. The van der Waals surface area contributed by atoms with Gasteiger partial charge in [0, 0.05) is 16.6 Å². The van der Waals surface area contributed by atoms with Gasteiger partial charge in [-0.15, -0.1) is 0 Å². The number of carbonyl (C=O) groups is 2. The van der Waals surface area contributed by atoms with Crippen molar-refractivity contribution >= 4 is 45.3 Å². The molecule has 3 aromatic carbocycles. The number of carbonyl (C=O) groups excluding carboxylic acids is 2. The molecule has 3 amide bonds. The Hall–Kier alpha value is -4.18. The topological polar surface area (TPSA) is 111 Å². The monoisotopic (exact) mass is 537 g/mol. The van der Waals surface area contributed by atoms with Crippen LogP contribution in [0.3, 0.4) is 0 Å². The minimum absolute atomic E-state index is 0.0212. The maximum Gasteiger partial charge on any atom is 0.333 e. The van der Waals surface area contributed by atoms with Gasteiger partial charge >= 0.3 is 6.03 Å². The molecule has 9 nitrogen and oxygen atoms in total. The Labute approximate surface area is 209 Å². The fraction of sp³-hybridized carbons (Fsp3) is 0.120. The minimum Gasteiger partial charge on any atom is -0.490 e. The molecule has 0 aliphatic carbocycles. The van der Waals surface area contributed by atoms with E-state index < -0.39 is 16.9 Å². The molecule has 178 valence electrons. The van der Waals surface area contributed by atoms with Crippen molar-refractivity contribution in [1.29, 1.82) is 0 Å². The summed E-state index contributed by atoms with van der Waals surface area (Å²) in [5.74, 6) is 0.363. The third-order valence-corrected chi connectivity index (χ3v) is 5.76. The molecular formula is C25H20BrN3O6. The summed E-state index contributed by atoms with van der Waals surface area (Å²) in [7, 11) is 0. The molecule has 0 radical (unpaired) electrons. The number of nitro groups is 1. The molecule has 0 saturated carbocycles. The smallest absolute Gasteiger partial charge is 0.333 e. The molecular weight excluding hydrogens is 518 g/mol. The van der Waals surface area contributed by atoms with Crippen molar-refractivity contribution in [3.63, 3.8) is 0 Å². The summed E-state index contributed by atoms with van der Waals surface area (Å²) in [6, 6.07) is 17.7. The maximum absolute atomic E-state index is 12.9. The Morgan fingerprint density at radius 2 is 1.77 bits per heavy atom. The van der Waals surface area contributed by atoms with Gasteiger partial charge in [-0.3, -0.25) is 14.9 Å². The van der Waals surface area contributed by atoms with Gasteiger partial charge in [-0.1, -0.05) is 46.3 Å².